The van der Waals surface area contributed by atoms with Crippen molar-refractivity contribution in [1.29, 1.82) is 0 Å². The standard InChI is InChI=1S/C10H17F3N2O3/c1-7(6-8(16)17)15-9(18)14-5-3-2-4-10(11,12)13/h7H,2-6H2,1H3,(H,16,17)(H2,14,15,18). The minimum Gasteiger partial charge on any atom is -0.481 e. The summed E-state index contributed by atoms with van der Waals surface area (Å²) in [6, 6.07) is -1.10. The zero-order valence-electron chi connectivity index (χ0n) is 10.0. The molecule has 0 rings (SSSR count). The van der Waals surface area contributed by atoms with Crippen LogP contribution >= 0.6 is 0 Å². The summed E-state index contributed by atoms with van der Waals surface area (Å²) in [5.41, 5.74) is 0. The van der Waals surface area contributed by atoms with E-state index in [0.717, 1.165) is 0 Å². The largest absolute Gasteiger partial charge is 0.481 e. The first-order valence-corrected chi connectivity index (χ1v) is 5.53. The Kier molecular flexibility index (Phi) is 7.14. The fourth-order valence-corrected chi connectivity index (χ4v) is 1.24. The van der Waals surface area contributed by atoms with Gasteiger partial charge in [0, 0.05) is 19.0 Å². The average Bonchev–Trinajstić information content (AvgIpc) is 2.13. The topological polar surface area (TPSA) is 78.4 Å². The molecule has 0 aromatic carbocycles. The maximum absolute atomic E-state index is 11.8. The van der Waals surface area contributed by atoms with Gasteiger partial charge in [0.2, 0.25) is 0 Å². The van der Waals surface area contributed by atoms with Crippen molar-refractivity contribution in [2.45, 2.75) is 44.8 Å². The van der Waals surface area contributed by atoms with Crippen LogP contribution in [-0.2, 0) is 4.79 Å². The van der Waals surface area contributed by atoms with Crippen molar-refractivity contribution in [1.82, 2.24) is 10.6 Å². The molecular formula is C10H17F3N2O3. The SMILES string of the molecule is CC(CC(=O)O)NC(=O)NCCCCC(F)(F)F. The minimum absolute atomic E-state index is 0.0472. The zero-order chi connectivity index (χ0) is 14.2. The van der Waals surface area contributed by atoms with E-state index in [1.807, 2.05) is 0 Å². The lowest BCUT2D eigenvalue weighted by atomic mass is 10.2. The Balaban J connectivity index is 3.57. The predicted molar refractivity (Wildman–Crippen MR) is 58.2 cm³/mol. The van der Waals surface area contributed by atoms with E-state index in [2.05, 4.69) is 10.6 Å². The number of hydrogen-bond acceptors (Lipinski definition) is 2. The van der Waals surface area contributed by atoms with E-state index in [9.17, 15) is 22.8 Å². The van der Waals surface area contributed by atoms with Crippen molar-refractivity contribution < 1.29 is 27.9 Å². The lowest BCUT2D eigenvalue weighted by Gasteiger charge is -2.12. The number of aliphatic carboxylic acids is 1. The van der Waals surface area contributed by atoms with Gasteiger partial charge in [-0.15, -0.1) is 0 Å². The number of urea groups is 1. The first-order chi connectivity index (χ1) is 8.20. The van der Waals surface area contributed by atoms with Crippen molar-refractivity contribution in [2.24, 2.45) is 0 Å². The van der Waals surface area contributed by atoms with E-state index in [4.69, 9.17) is 5.11 Å². The second-order valence-electron chi connectivity index (χ2n) is 3.97. The van der Waals surface area contributed by atoms with Gasteiger partial charge in [-0.3, -0.25) is 4.79 Å². The smallest absolute Gasteiger partial charge is 0.389 e. The summed E-state index contributed by atoms with van der Waals surface area (Å²) in [5.74, 6) is -1.03. The molecule has 5 nitrogen and oxygen atoms in total. The second-order valence-corrected chi connectivity index (χ2v) is 3.97. The third-order valence-corrected chi connectivity index (χ3v) is 2.03. The van der Waals surface area contributed by atoms with E-state index in [0.29, 0.717) is 0 Å². The number of amides is 2. The maximum Gasteiger partial charge on any atom is 0.389 e. The molecule has 0 aliphatic heterocycles. The summed E-state index contributed by atoms with van der Waals surface area (Å²) in [7, 11) is 0. The Bertz CT molecular complexity index is 282. The van der Waals surface area contributed by atoms with Crippen molar-refractivity contribution in [3.63, 3.8) is 0 Å². The molecule has 0 aromatic heterocycles. The third-order valence-electron chi connectivity index (χ3n) is 2.03. The summed E-state index contributed by atoms with van der Waals surface area (Å²) in [4.78, 5) is 21.5. The van der Waals surface area contributed by atoms with Crippen molar-refractivity contribution in [3.05, 3.63) is 0 Å². The number of hydrogen-bond donors (Lipinski definition) is 3. The molecule has 0 spiro atoms. The van der Waals surface area contributed by atoms with Crippen LogP contribution in [0.5, 0.6) is 0 Å². The van der Waals surface area contributed by atoms with Crippen LogP contribution in [0.1, 0.15) is 32.6 Å². The zero-order valence-corrected chi connectivity index (χ0v) is 10.0. The molecule has 0 aliphatic carbocycles. The van der Waals surface area contributed by atoms with Gasteiger partial charge in [-0.2, -0.15) is 13.2 Å². The van der Waals surface area contributed by atoms with Crippen molar-refractivity contribution >= 4 is 12.0 Å². The number of carbonyl (C=O) groups excluding carboxylic acids is 1. The average molecular weight is 270 g/mol. The summed E-state index contributed by atoms with van der Waals surface area (Å²) in [6.07, 6.45) is -5.07. The summed E-state index contributed by atoms with van der Waals surface area (Å²) < 4.78 is 35.3. The quantitative estimate of drug-likeness (QED) is 0.618. The molecule has 0 aliphatic rings. The van der Waals surface area contributed by atoms with Crippen molar-refractivity contribution in [2.75, 3.05) is 6.54 Å². The van der Waals surface area contributed by atoms with Crippen LogP contribution in [0.4, 0.5) is 18.0 Å². The van der Waals surface area contributed by atoms with Gasteiger partial charge in [0.05, 0.1) is 6.42 Å². The summed E-state index contributed by atoms with van der Waals surface area (Å²) >= 11 is 0. The molecule has 0 saturated heterocycles. The van der Waals surface area contributed by atoms with Gasteiger partial charge in [0.1, 0.15) is 0 Å². The number of carbonyl (C=O) groups is 2. The highest BCUT2D eigenvalue weighted by Crippen LogP contribution is 2.21. The lowest BCUT2D eigenvalue weighted by molar-refractivity contribution is -0.137. The Morgan fingerprint density at radius 3 is 2.39 bits per heavy atom. The van der Waals surface area contributed by atoms with Gasteiger partial charge in [0.15, 0.2) is 0 Å². The molecular weight excluding hydrogens is 253 g/mol. The molecule has 0 heterocycles. The number of halogens is 3. The highest BCUT2D eigenvalue weighted by Gasteiger charge is 2.25. The van der Waals surface area contributed by atoms with Gasteiger partial charge in [0.25, 0.3) is 0 Å². The van der Waals surface area contributed by atoms with Gasteiger partial charge in [-0.25, -0.2) is 4.79 Å². The van der Waals surface area contributed by atoms with Crippen LogP contribution < -0.4 is 10.6 Å². The molecule has 0 radical (unpaired) electrons. The van der Waals surface area contributed by atoms with Gasteiger partial charge < -0.3 is 15.7 Å². The fourth-order valence-electron chi connectivity index (χ4n) is 1.24. The van der Waals surface area contributed by atoms with Crippen LogP contribution in [0.3, 0.4) is 0 Å². The van der Waals surface area contributed by atoms with Crippen LogP contribution in [0, 0.1) is 0 Å². The molecule has 8 heteroatoms. The van der Waals surface area contributed by atoms with E-state index < -0.39 is 30.6 Å². The van der Waals surface area contributed by atoms with E-state index in [1.165, 1.54) is 6.92 Å². The molecule has 0 saturated carbocycles. The molecule has 0 aromatic rings. The van der Waals surface area contributed by atoms with Crippen LogP contribution in [0.15, 0.2) is 0 Å². The summed E-state index contributed by atoms with van der Waals surface area (Å²) in [5, 5.41) is 13.2. The number of carboxylic acids is 1. The van der Waals surface area contributed by atoms with Gasteiger partial charge >= 0.3 is 18.2 Å². The Morgan fingerprint density at radius 1 is 1.28 bits per heavy atom. The number of rotatable bonds is 7. The number of nitrogens with one attached hydrogen (secondary N) is 2. The number of carboxylic acid groups (broad SMARTS) is 1. The molecule has 106 valence electrons. The van der Waals surface area contributed by atoms with E-state index in [-0.39, 0.29) is 25.8 Å². The van der Waals surface area contributed by atoms with E-state index >= 15 is 0 Å². The highest BCUT2D eigenvalue weighted by molar-refractivity contribution is 5.75. The first-order valence-electron chi connectivity index (χ1n) is 5.53. The normalized spacial score (nSPS) is 12.9. The highest BCUT2D eigenvalue weighted by atomic mass is 19.4. The van der Waals surface area contributed by atoms with Crippen LogP contribution in [-0.4, -0.2) is 35.9 Å². The Hall–Kier alpha value is -1.47. The van der Waals surface area contributed by atoms with Crippen LogP contribution in [0.25, 0.3) is 0 Å². The summed E-state index contributed by atoms with van der Waals surface area (Å²) in [6.45, 7) is 1.65. The second kappa shape index (κ2) is 7.78. The van der Waals surface area contributed by atoms with Crippen LogP contribution in [0.2, 0.25) is 0 Å². The third kappa shape index (κ3) is 11.0. The first kappa shape index (κ1) is 16.5. The molecule has 0 fully saturated rings. The van der Waals surface area contributed by atoms with E-state index in [1.54, 1.807) is 0 Å². The predicted octanol–water partition coefficient (Wildman–Crippen LogP) is 1.88. The lowest BCUT2D eigenvalue weighted by Crippen LogP contribution is -2.41. The number of alkyl halides is 3. The van der Waals surface area contributed by atoms with Gasteiger partial charge in [-0.05, 0) is 19.8 Å². The molecule has 1 unspecified atom stereocenters. The maximum atomic E-state index is 11.8. The Morgan fingerprint density at radius 2 is 1.89 bits per heavy atom. The van der Waals surface area contributed by atoms with Gasteiger partial charge in [-0.1, -0.05) is 0 Å². The minimum atomic E-state index is -4.17. The molecule has 18 heavy (non-hydrogen) atoms. The Labute approximate surface area is 103 Å². The van der Waals surface area contributed by atoms with Crippen molar-refractivity contribution in [3.8, 4) is 0 Å². The number of unbranched alkanes of at least 4 members (excludes halogenated alkanes) is 1. The monoisotopic (exact) mass is 270 g/mol. The molecule has 3 N–H and O–H groups in total. The molecule has 0 bridgehead atoms. The molecule has 1 atom stereocenters. The molecule has 2 amide bonds. The fraction of sp³-hybridized carbons (Fsp3) is 0.800.